The van der Waals surface area contributed by atoms with Gasteiger partial charge < -0.3 is 24.4 Å². The molecule has 0 fully saturated rings. The number of aliphatic imine (C=N–C) groups is 1. The Labute approximate surface area is 145 Å². The highest BCUT2D eigenvalue weighted by Crippen LogP contribution is 2.12. The number of unbranched alkanes of at least 4 members (excludes halogenated alkanes) is 1. The summed E-state index contributed by atoms with van der Waals surface area (Å²) in [5.74, 6) is 1.77. The van der Waals surface area contributed by atoms with Crippen molar-refractivity contribution in [1.29, 1.82) is 0 Å². The lowest BCUT2D eigenvalue weighted by molar-refractivity contribution is 0.0689. The minimum Gasteiger partial charge on any atom is -0.497 e. The highest BCUT2D eigenvalue weighted by atomic mass is 16.5. The van der Waals surface area contributed by atoms with E-state index in [1.807, 2.05) is 19.2 Å². The van der Waals surface area contributed by atoms with Gasteiger partial charge in [-0.3, -0.25) is 4.99 Å². The molecule has 0 aliphatic rings. The van der Waals surface area contributed by atoms with Crippen molar-refractivity contribution in [3.8, 4) is 5.75 Å². The van der Waals surface area contributed by atoms with Gasteiger partial charge in [-0.2, -0.15) is 0 Å². The van der Waals surface area contributed by atoms with E-state index >= 15 is 0 Å². The molecule has 0 heterocycles. The van der Waals surface area contributed by atoms with Gasteiger partial charge in [0.2, 0.25) is 0 Å². The zero-order valence-electron chi connectivity index (χ0n) is 15.4. The average Bonchev–Trinajstić information content (AvgIpc) is 2.61. The number of hydrogen-bond acceptors (Lipinski definition) is 4. The Kier molecular flexibility index (Phi) is 10.6. The third kappa shape index (κ3) is 8.17. The lowest BCUT2D eigenvalue weighted by Crippen LogP contribution is -2.38. The van der Waals surface area contributed by atoms with Gasteiger partial charge in [-0.05, 0) is 30.5 Å². The van der Waals surface area contributed by atoms with Crippen LogP contribution in [0.4, 0.5) is 0 Å². The van der Waals surface area contributed by atoms with Crippen molar-refractivity contribution in [3.63, 3.8) is 0 Å². The fourth-order valence-corrected chi connectivity index (χ4v) is 2.24. The first-order valence-electron chi connectivity index (χ1n) is 8.32. The second-order valence-corrected chi connectivity index (χ2v) is 5.49. The van der Waals surface area contributed by atoms with Gasteiger partial charge in [0, 0.05) is 40.9 Å². The minimum absolute atomic E-state index is 0.654. The molecule has 1 aromatic rings. The molecule has 6 nitrogen and oxygen atoms in total. The predicted molar refractivity (Wildman–Crippen MR) is 97.8 cm³/mol. The van der Waals surface area contributed by atoms with E-state index in [1.54, 1.807) is 21.3 Å². The molecule has 1 N–H and O–H groups in total. The fraction of sp³-hybridized carbons (Fsp3) is 0.611. The van der Waals surface area contributed by atoms with Crippen LogP contribution >= 0.6 is 0 Å². The molecule has 24 heavy (non-hydrogen) atoms. The van der Waals surface area contributed by atoms with Crippen molar-refractivity contribution < 1.29 is 14.2 Å². The molecule has 0 atom stereocenters. The first-order valence-corrected chi connectivity index (χ1v) is 8.32. The second kappa shape index (κ2) is 12.6. The third-order valence-corrected chi connectivity index (χ3v) is 3.58. The van der Waals surface area contributed by atoms with Crippen LogP contribution < -0.4 is 10.1 Å². The Morgan fingerprint density at radius 2 is 1.83 bits per heavy atom. The van der Waals surface area contributed by atoms with E-state index in [4.69, 9.17) is 14.2 Å². The van der Waals surface area contributed by atoms with E-state index in [0.29, 0.717) is 13.2 Å². The van der Waals surface area contributed by atoms with Crippen LogP contribution in [0.15, 0.2) is 29.3 Å². The maximum absolute atomic E-state index is 5.45. The first kappa shape index (κ1) is 20.3. The molecule has 1 rings (SSSR count). The molecule has 0 radical (unpaired) electrons. The Morgan fingerprint density at radius 3 is 2.46 bits per heavy atom. The molecule has 0 amide bonds. The summed E-state index contributed by atoms with van der Waals surface area (Å²) in [6.45, 7) is 3.76. The fourth-order valence-electron chi connectivity index (χ4n) is 2.24. The number of ether oxygens (including phenoxy) is 3. The van der Waals surface area contributed by atoms with Gasteiger partial charge in [0.05, 0.1) is 20.3 Å². The van der Waals surface area contributed by atoms with E-state index < -0.39 is 0 Å². The summed E-state index contributed by atoms with van der Waals surface area (Å²) in [5, 5.41) is 3.39. The average molecular weight is 337 g/mol. The molecule has 1 aromatic carbocycles. The van der Waals surface area contributed by atoms with Crippen LogP contribution in [0, 0.1) is 0 Å². The smallest absolute Gasteiger partial charge is 0.193 e. The van der Waals surface area contributed by atoms with E-state index in [1.165, 1.54) is 5.56 Å². The maximum Gasteiger partial charge on any atom is 0.193 e. The topological polar surface area (TPSA) is 55.3 Å². The summed E-state index contributed by atoms with van der Waals surface area (Å²) in [4.78, 5) is 6.44. The van der Waals surface area contributed by atoms with Gasteiger partial charge >= 0.3 is 0 Å². The van der Waals surface area contributed by atoms with Crippen LogP contribution in [0.3, 0.4) is 0 Å². The van der Waals surface area contributed by atoms with Crippen LogP contribution in [-0.2, 0) is 16.0 Å². The molecule has 136 valence electrons. The minimum atomic E-state index is 0.654. The summed E-state index contributed by atoms with van der Waals surface area (Å²) in [7, 11) is 7.20. The normalized spacial score (nSPS) is 11.4. The second-order valence-electron chi connectivity index (χ2n) is 5.49. The van der Waals surface area contributed by atoms with Crippen LogP contribution in [0.2, 0.25) is 0 Å². The molecule has 0 aromatic heterocycles. The Bertz CT molecular complexity index is 463. The summed E-state index contributed by atoms with van der Waals surface area (Å²) in [6.07, 6.45) is 2.07. The van der Waals surface area contributed by atoms with E-state index in [2.05, 4.69) is 27.3 Å². The zero-order chi connectivity index (χ0) is 17.6. The van der Waals surface area contributed by atoms with Gasteiger partial charge in [-0.15, -0.1) is 0 Å². The zero-order valence-corrected chi connectivity index (χ0v) is 15.4. The van der Waals surface area contributed by atoms with Crippen molar-refractivity contribution in [1.82, 2.24) is 10.2 Å². The standard InChI is InChI=1S/C18H31N3O3/c1-19-18(20-11-5-6-12-24-14-13-22-3)21(2)15-16-7-9-17(23-4)10-8-16/h7-10H,5-6,11-15H2,1-4H3,(H,19,20). The third-order valence-electron chi connectivity index (χ3n) is 3.58. The van der Waals surface area contributed by atoms with Gasteiger partial charge in [0.25, 0.3) is 0 Å². The van der Waals surface area contributed by atoms with Crippen LogP contribution in [0.5, 0.6) is 5.75 Å². The molecule has 0 aliphatic heterocycles. The molecular weight excluding hydrogens is 306 g/mol. The SMILES string of the molecule is CN=C(NCCCCOCCOC)N(C)Cc1ccc(OC)cc1. The van der Waals surface area contributed by atoms with Crippen LogP contribution in [0.25, 0.3) is 0 Å². The predicted octanol–water partition coefficient (Wildman–Crippen LogP) is 2.15. The quantitative estimate of drug-likeness (QED) is 0.381. The number of benzene rings is 1. The molecule has 0 saturated heterocycles. The summed E-state index contributed by atoms with van der Waals surface area (Å²) >= 11 is 0. The number of rotatable bonds is 11. The number of guanidine groups is 1. The Hall–Kier alpha value is -1.79. The highest BCUT2D eigenvalue weighted by molar-refractivity contribution is 5.79. The van der Waals surface area contributed by atoms with Crippen molar-refractivity contribution in [3.05, 3.63) is 29.8 Å². The van der Waals surface area contributed by atoms with Gasteiger partial charge in [-0.25, -0.2) is 0 Å². The number of methoxy groups -OCH3 is 2. The molecule has 0 unspecified atom stereocenters. The summed E-state index contributed by atoms with van der Waals surface area (Å²) < 4.78 is 15.6. The van der Waals surface area contributed by atoms with Gasteiger partial charge in [-0.1, -0.05) is 12.1 Å². The number of nitrogens with zero attached hydrogens (tertiary/aromatic N) is 2. The van der Waals surface area contributed by atoms with Crippen molar-refractivity contribution in [2.24, 2.45) is 4.99 Å². The van der Waals surface area contributed by atoms with Crippen molar-refractivity contribution >= 4 is 5.96 Å². The highest BCUT2D eigenvalue weighted by Gasteiger charge is 2.06. The van der Waals surface area contributed by atoms with Gasteiger partial charge in [0.1, 0.15) is 5.75 Å². The monoisotopic (exact) mass is 337 g/mol. The van der Waals surface area contributed by atoms with E-state index in [0.717, 1.165) is 44.2 Å². The number of hydrogen-bond donors (Lipinski definition) is 1. The number of nitrogens with one attached hydrogen (secondary N) is 1. The van der Waals surface area contributed by atoms with Gasteiger partial charge in [0.15, 0.2) is 5.96 Å². The van der Waals surface area contributed by atoms with E-state index in [-0.39, 0.29) is 0 Å². The first-order chi connectivity index (χ1) is 11.7. The molecule has 0 aliphatic carbocycles. The Morgan fingerprint density at radius 1 is 1.08 bits per heavy atom. The van der Waals surface area contributed by atoms with E-state index in [9.17, 15) is 0 Å². The summed E-state index contributed by atoms with van der Waals surface area (Å²) in [5.41, 5.74) is 1.22. The lowest BCUT2D eigenvalue weighted by atomic mass is 10.2. The largest absolute Gasteiger partial charge is 0.497 e. The molecular formula is C18H31N3O3. The van der Waals surface area contributed by atoms with Crippen LogP contribution in [-0.4, -0.2) is 65.5 Å². The van der Waals surface area contributed by atoms with Crippen molar-refractivity contribution in [2.45, 2.75) is 19.4 Å². The van der Waals surface area contributed by atoms with Crippen molar-refractivity contribution in [2.75, 3.05) is 54.7 Å². The molecule has 0 saturated carbocycles. The molecule has 0 bridgehead atoms. The van der Waals surface area contributed by atoms with Crippen LogP contribution in [0.1, 0.15) is 18.4 Å². The maximum atomic E-state index is 5.45. The Balaban J connectivity index is 2.24. The lowest BCUT2D eigenvalue weighted by Gasteiger charge is -2.22. The molecule has 0 spiro atoms. The molecule has 6 heteroatoms. The summed E-state index contributed by atoms with van der Waals surface area (Å²) in [6, 6.07) is 8.09.